The molecule has 6 atom stereocenters. The number of carboxylic acids is 1. The van der Waals surface area contributed by atoms with E-state index in [1.165, 1.54) is 11.8 Å². The van der Waals surface area contributed by atoms with Crippen LogP contribution >= 0.6 is 0 Å². The van der Waals surface area contributed by atoms with E-state index in [4.69, 9.17) is 11.5 Å². The standard InChI is InChI=1S/C28H49N7O8/c1-6-16(4)23(34-25(39)22(15(2)3)33-24(38)19(14-21(30)37)31-17(5)36)26(40)32-18(10-7-8-12-29)27(41)35-13-9-11-20(35)28(42)43/h15-16,18-20,22-23H,6-14,29H2,1-5H3,(H2,30,37)(H,31,36)(H,32,40)(H,33,38)(H,34,39)(H,42,43). The molecule has 1 aliphatic rings. The number of carbonyl (C=O) groups is 7. The molecule has 0 radical (unpaired) electrons. The molecular weight excluding hydrogens is 562 g/mol. The molecule has 0 saturated carbocycles. The van der Waals surface area contributed by atoms with E-state index in [1.807, 2.05) is 6.92 Å². The minimum Gasteiger partial charge on any atom is -0.480 e. The van der Waals surface area contributed by atoms with E-state index in [2.05, 4.69) is 21.3 Å². The summed E-state index contributed by atoms with van der Waals surface area (Å²) in [6.45, 7) is 8.73. The zero-order chi connectivity index (χ0) is 32.9. The predicted octanol–water partition coefficient (Wildman–Crippen LogP) is -1.27. The molecule has 1 fully saturated rings. The first-order valence-electron chi connectivity index (χ1n) is 14.8. The van der Waals surface area contributed by atoms with Gasteiger partial charge < -0.3 is 42.7 Å². The van der Waals surface area contributed by atoms with Gasteiger partial charge >= 0.3 is 5.97 Å². The first kappa shape index (κ1) is 37.3. The molecule has 1 aliphatic heterocycles. The Bertz CT molecular complexity index is 1010. The van der Waals surface area contributed by atoms with Crippen molar-refractivity contribution in [1.29, 1.82) is 0 Å². The lowest BCUT2D eigenvalue weighted by molar-refractivity contribution is -0.149. The van der Waals surface area contributed by atoms with E-state index in [0.717, 1.165) is 0 Å². The van der Waals surface area contributed by atoms with Crippen molar-refractivity contribution in [2.75, 3.05) is 13.1 Å². The first-order chi connectivity index (χ1) is 20.1. The quantitative estimate of drug-likeness (QED) is 0.0912. The van der Waals surface area contributed by atoms with Crippen LogP contribution in [0.25, 0.3) is 0 Å². The number of rotatable bonds is 18. The van der Waals surface area contributed by atoms with Crippen molar-refractivity contribution >= 4 is 41.4 Å². The van der Waals surface area contributed by atoms with Gasteiger partial charge in [-0.1, -0.05) is 34.1 Å². The molecule has 0 aliphatic carbocycles. The van der Waals surface area contributed by atoms with E-state index in [0.29, 0.717) is 38.6 Å². The van der Waals surface area contributed by atoms with Crippen molar-refractivity contribution < 1.29 is 38.7 Å². The van der Waals surface area contributed by atoms with Crippen LogP contribution in [0.5, 0.6) is 0 Å². The molecule has 0 aromatic carbocycles. The monoisotopic (exact) mass is 611 g/mol. The van der Waals surface area contributed by atoms with E-state index < -0.39 is 84.0 Å². The molecule has 244 valence electrons. The topological polar surface area (TPSA) is 243 Å². The number of hydrogen-bond donors (Lipinski definition) is 7. The van der Waals surface area contributed by atoms with E-state index in [1.54, 1.807) is 20.8 Å². The molecule has 9 N–H and O–H groups in total. The molecule has 15 heteroatoms. The van der Waals surface area contributed by atoms with Crippen molar-refractivity contribution in [3.05, 3.63) is 0 Å². The van der Waals surface area contributed by atoms with Crippen molar-refractivity contribution in [3.8, 4) is 0 Å². The maximum atomic E-state index is 13.6. The fourth-order valence-corrected chi connectivity index (χ4v) is 4.89. The molecule has 6 unspecified atom stereocenters. The van der Waals surface area contributed by atoms with Gasteiger partial charge in [0.1, 0.15) is 30.2 Å². The summed E-state index contributed by atoms with van der Waals surface area (Å²) >= 11 is 0. The number of primary amides is 1. The number of unbranched alkanes of at least 4 members (excludes halogenated alkanes) is 1. The number of carboxylic acid groups (broad SMARTS) is 1. The highest BCUT2D eigenvalue weighted by atomic mass is 16.4. The maximum Gasteiger partial charge on any atom is 0.326 e. The van der Waals surface area contributed by atoms with Gasteiger partial charge in [0.05, 0.1) is 6.42 Å². The Hall–Kier alpha value is -3.75. The summed E-state index contributed by atoms with van der Waals surface area (Å²) in [5.41, 5.74) is 10.8. The van der Waals surface area contributed by atoms with Gasteiger partial charge in [0.15, 0.2) is 0 Å². The molecule has 0 aromatic rings. The second-order valence-corrected chi connectivity index (χ2v) is 11.4. The summed E-state index contributed by atoms with van der Waals surface area (Å²) in [6, 6.07) is -5.52. The highest BCUT2D eigenvalue weighted by Gasteiger charge is 2.39. The average molecular weight is 612 g/mol. The van der Waals surface area contributed by atoms with Gasteiger partial charge in [0.2, 0.25) is 35.4 Å². The zero-order valence-corrected chi connectivity index (χ0v) is 25.8. The van der Waals surface area contributed by atoms with Gasteiger partial charge in [0, 0.05) is 13.5 Å². The number of carbonyl (C=O) groups excluding carboxylic acids is 6. The Morgan fingerprint density at radius 1 is 0.884 bits per heavy atom. The molecule has 6 amide bonds. The highest BCUT2D eigenvalue weighted by molar-refractivity contribution is 5.97. The third-order valence-electron chi connectivity index (χ3n) is 7.52. The van der Waals surface area contributed by atoms with E-state index >= 15 is 0 Å². The molecule has 43 heavy (non-hydrogen) atoms. The molecule has 0 aromatic heterocycles. The molecule has 0 bridgehead atoms. The van der Waals surface area contributed by atoms with Gasteiger partial charge in [-0.25, -0.2) is 4.79 Å². The van der Waals surface area contributed by atoms with Crippen molar-refractivity contribution in [2.45, 2.75) is 110 Å². The van der Waals surface area contributed by atoms with E-state index in [9.17, 15) is 38.7 Å². The van der Waals surface area contributed by atoms with Crippen LogP contribution in [0.3, 0.4) is 0 Å². The zero-order valence-electron chi connectivity index (χ0n) is 25.8. The van der Waals surface area contributed by atoms with Gasteiger partial charge in [-0.15, -0.1) is 0 Å². The third-order valence-corrected chi connectivity index (χ3v) is 7.52. The number of likely N-dealkylation sites (tertiary alicyclic amines) is 1. The summed E-state index contributed by atoms with van der Waals surface area (Å²) in [6.07, 6.45) is 2.21. The second kappa shape index (κ2) is 18.0. The Kier molecular flexibility index (Phi) is 15.6. The molecule has 1 heterocycles. The van der Waals surface area contributed by atoms with Crippen LogP contribution < -0.4 is 32.7 Å². The van der Waals surface area contributed by atoms with Gasteiger partial charge in [-0.3, -0.25) is 28.8 Å². The van der Waals surface area contributed by atoms with Gasteiger partial charge in [-0.05, 0) is 50.5 Å². The van der Waals surface area contributed by atoms with E-state index in [-0.39, 0.29) is 18.9 Å². The Morgan fingerprint density at radius 3 is 2.00 bits per heavy atom. The predicted molar refractivity (Wildman–Crippen MR) is 157 cm³/mol. The molecule has 15 nitrogen and oxygen atoms in total. The number of hydrogen-bond acceptors (Lipinski definition) is 8. The maximum absolute atomic E-state index is 13.6. The smallest absolute Gasteiger partial charge is 0.326 e. The SMILES string of the molecule is CCC(C)C(NC(=O)C(NC(=O)C(CC(N)=O)NC(C)=O)C(C)C)C(=O)NC(CCCCN)C(=O)N1CCCC1C(=O)O. The Morgan fingerprint density at radius 2 is 1.49 bits per heavy atom. The summed E-state index contributed by atoms with van der Waals surface area (Å²) < 4.78 is 0. The van der Waals surface area contributed by atoms with Crippen LogP contribution in [0, 0.1) is 11.8 Å². The minimum absolute atomic E-state index is 0.237. The van der Waals surface area contributed by atoms with Crippen LogP contribution in [-0.2, 0) is 33.6 Å². The number of amides is 6. The lowest BCUT2D eigenvalue weighted by Gasteiger charge is -2.31. The average Bonchev–Trinajstić information content (AvgIpc) is 3.42. The van der Waals surface area contributed by atoms with Crippen molar-refractivity contribution in [1.82, 2.24) is 26.2 Å². The lowest BCUT2D eigenvalue weighted by atomic mass is 9.95. The van der Waals surface area contributed by atoms with Crippen LogP contribution in [0.4, 0.5) is 0 Å². The number of aliphatic carboxylic acids is 1. The fourth-order valence-electron chi connectivity index (χ4n) is 4.89. The number of nitrogens with two attached hydrogens (primary N) is 2. The summed E-state index contributed by atoms with van der Waals surface area (Å²) in [5.74, 6) is -5.95. The summed E-state index contributed by atoms with van der Waals surface area (Å²) in [7, 11) is 0. The number of nitrogens with one attached hydrogen (secondary N) is 4. The summed E-state index contributed by atoms with van der Waals surface area (Å²) in [4.78, 5) is 89.3. The normalized spacial score (nSPS) is 18.1. The Balaban J connectivity index is 3.18. The minimum atomic E-state index is -1.29. The number of nitrogens with zero attached hydrogens (tertiary/aromatic N) is 1. The second-order valence-electron chi connectivity index (χ2n) is 11.4. The van der Waals surface area contributed by atoms with Crippen LogP contribution in [0.1, 0.15) is 79.6 Å². The fraction of sp³-hybridized carbons (Fsp3) is 0.750. The van der Waals surface area contributed by atoms with Crippen molar-refractivity contribution in [3.63, 3.8) is 0 Å². The van der Waals surface area contributed by atoms with Gasteiger partial charge in [-0.2, -0.15) is 0 Å². The Labute approximate surface area is 252 Å². The summed E-state index contributed by atoms with van der Waals surface area (Å²) in [5, 5.41) is 19.9. The lowest BCUT2D eigenvalue weighted by Crippen LogP contribution is -2.61. The highest BCUT2D eigenvalue weighted by Crippen LogP contribution is 2.20. The van der Waals surface area contributed by atoms with Crippen LogP contribution in [-0.4, -0.2) is 94.7 Å². The largest absolute Gasteiger partial charge is 0.480 e. The molecular formula is C28H49N7O8. The van der Waals surface area contributed by atoms with Crippen molar-refractivity contribution in [2.24, 2.45) is 23.3 Å². The van der Waals surface area contributed by atoms with Gasteiger partial charge in [0.25, 0.3) is 0 Å². The third kappa shape index (κ3) is 11.8. The van der Waals surface area contributed by atoms with Crippen LogP contribution in [0.15, 0.2) is 0 Å². The first-order valence-corrected chi connectivity index (χ1v) is 14.8. The molecule has 1 rings (SSSR count). The molecule has 0 spiro atoms. The van der Waals surface area contributed by atoms with Crippen LogP contribution in [0.2, 0.25) is 0 Å². The molecule has 1 saturated heterocycles.